The summed E-state index contributed by atoms with van der Waals surface area (Å²) in [5.41, 5.74) is 1.01. The summed E-state index contributed by atoms with van der Waals surface area (Å²) in [7, 11) is 1.39. The molecule has 1 atom stereocenters. The van der Waals surface area contributed by atoms with Crippen molar-refractivity contribution in [2.24, 2.45) is 0 Å². The number of carboxylic acid groups (broad SMARTS) is 1. The number of rotatable bonds is 4. The summed E-state index contributed by atoms with van der Waals surface area (Å²) in [4.78, 5) is 34.7. The first kappa shape index (κ1) is 15.5. The second kappa shape index (κ2) is 6.55. The number of benzene rings is 1. The second-order valence-electron chi connectivity index (χ2n) is 4.32. The van der Waals surface area contributed by atoms with Crippen LogP contribution in [0.5, 0.6) is 0 Å². The van der Waals surface area contributed by atoms with Gasteiger partial charge in [-0.1, -0.05) is 6.07 Å². The summed E-state index contributed by atoms with van der Waals surface area (Å²) in [6.45, 7) is 2.79. The number of urea groups is 1. The van der Waals surface area contributed by atoms with Crippen LogP contribution in [0.3, 0.4) is 0 Å². The molecule has 0 aromatic heterocycles. The van der Waals surface area contributed by atoms with Gasteiger partial charge in [0.05, 0.1) is 0 Å². The Hall–Kier alpha value is -2.57. The van der Waals surface area contributed by atoms with Crippen LogP contribution in [0.2, 0.25) is 0 Å². The van der Waals surface area contributed by atoms with E-state index in [1.807, 2.05) is 0 Å². The van der Waals surface area contributed by atoms with Gasteiger partial charge in [-0.3, -0.25) is 4.79 Å². The predicted octanol–water partition coefficient (Wildman–Crippen LogP) is 1.58. The maximum absolute atomic E-state index is 11.9. The second-order valence-corrected chi connectivity index (χ2v) is 4.32. The predicted molar refractivity (Wildman–Crippen MR) is 74.6 cm³/mol. The van der Waals surface area contributed by atoms with Gasteiger partial charge in [0.25, 0.3) is 0 Å². The van der Waals surface area contributed by atoms with Crippen LogP contribution in [-0.4, -0.2) is 41.0 Å². The molecule has 0 bridgehead atoms. The summed E-state index contributed by atoms with van der Waals surface area (Å²) >= 11 is 0. The standard InChI is InChI=1S/C13H17N3O4/c1-8(12(18)19)16(3)13(20)15-11-6-4-5-10(7-11)14-9(2)17/h4-8H,1-3H3,(H,14,17)(H,15,20)(H,18,19). The monoisotopic (exact) mass is 279 g/mol. The molecule has 108 valence electrons. The van der Waals surface area contributed by atoms with Gasteiger partial charge in [-0.25, -0.2) is 9.59 Å². The van der Waals surface area contributed by atoms with E-state index in [2.05, 4.69) is 10.6 Å². The zero-order chi connectivity index (χ0) is 15.3. The van der Waals surface area contributed by atoms with Crippen molar-refractivity contribution in [2.45, 2.75) is 19.9 Å². The first-order valence-electron chi connectivity index (χ1n) is 5.95. The van der Waals surface area contributed by atoms with E-state index in [9.17, 15) is 14.4 Å². The molecular formula is C13H17N3O4. The number of likely N-dealkylation sites (N-methyl/N-ethyl adjacent to an activating group) is 1. The summed E-state index contributed by atoms with van der Waals surface area (Å²) in [6, 6.07) is 5.09. The Balaban J connectivity index is 2.75. The summed E-state index contributed by atoms with van der Waals surface area (Å²) in [5, 5.41) is 14.0. The lowest BCUT2D eigenvalue weighted by molar-refractivity contribution is -0.141. The highest BCUT2D eigenvalue weighted by Gasteiger charge is 2.21. The Bertz CT molecular complexity index is 530. The highest BCUT2D eigenvalue weighted by Crippen LogP contribution is 2.15. The maximum atomic E-state index is 11.9. The molecule has 3 amide bonds. The molecule has 0 aliphatic carbocycles. The molecule has 0 aliphatic heterocycles. The van der Waals surface area contributed by atoms with Gasteiger partial charge in [0, 0.05) is 25.3 Å². The highest BCUT2D eigenvalue weighted by molar-refractivity contribution is 5.94. The number of hydrogen-bond acceptors (Lipinski definition) is 3. The fourth-order valence-electron chi connectivity index (χ4n) is 1.43. The first-order chi connectivity index (χ1) is 9.31. The average Bonchev–Trinajstić information content (AvgIpc) is 2.36. The number of nitrogens with one attached hydrogen (secondary N) is 2. The van der Waals surface area contributed by atoms with Crippen molar-refractivity contribution in [3.05, 3.63) is 24.3 Å². The normalized spacial score (nSPS) is 11.3. The van der Waals surface area contributed by atoms with E-state index in [0.717, 1.165) is 4.90 Å². The van der Waals surface area contributed by atoms with Crippen LogP contribution < -0.4 is 10.6 Å². The molecule has 0 fully saturated rings. The lowest BCUT2D eigenvalue weighted by Gasteiger charge is -2.22. The Labute approximate surface area is 116 Å². The number of nitrogens with zero attached hydrogens (tertiary/aromatic N) is 1. The number of carbonyl (C=O) groups excluding carboxylic acids is 2. The molecule has 20 heavy (non-hydrogen) atoms. The topological polar surface area (TPSA) is 98.7 Å². The molecule has 0 spiro atoms. The minimum absolute atomic E-state index is 0.218. The Kier molecular flexibility index (Phi) is 5.08. The van der Waals surface area contributed by atoms with E-state index in [1.165, 1.54) is 20.9 Å². The van der Waals surface area contributed by atoms with Crippen LogP contribution in [-0.2, 0) is 9.59 Å². The zero-order valence-corrected chi connectivity index (χ0v) is 11.5. The van der Waals surface area contributed by atoms with Crippen molar-refractivity contribution in [1.82, 2.24) is 4.90 Å². The lowest BCUT2D eigenvalue weighted by Crippen LogP contribution is -2.42. The average molecular weight is 279 g/mol. The van der Waals surface area contributed by atoms with Crippen LogP contribution in [0.25, 0.3) is 0 Å². The number of anilines is 2. The summed E-state index contributed by atoms with van der Waals surface area (Å²) in [6.07, 6.45) is 0. The van der Waals surface area contributed by atoms with Gasteiger partial charge in [0.2, 0.25) is 5.91 Å². The fraction of sp³-hybridized carbons (Fsp3) is 0.308. The molecule has 0 radical (unpaired) electrons. The van der Waals surface area contributed by atoms with E-state index in [4.69, 9.17) is 5.11 Å². The smallest absolute Gasteiger partial charge is 0.326 e. The lowest BCUT2D eigenvalue weighted by atomic mass is 10.2. The van der Waals surface area contributed by atoms with Crippen LogP contribution in [0.4, 0.5) is 16.2 Å². The van der Waals surface area contributed by atoms with Crippen molar-refractivity contribution < 1.29 is 19.5 Å². The molecule has 1 unspecified atom stereocenters. The minimum atomic E-state index is -1.09. The number of aliphatic carboxylic acids is 1. The molecular weight excluding hydrogens is 262 g/mol. The third kappa shape index (κ3) is 4.27. The molecule has 7 nitrogen and oxygen atoms in total. The first-order valence-corrected chi connectivity index (χ1v) is 5.95. The third-order valence-corrected chi connectivity index (χ3v) is 2.69. The molecule has 1 aromatic rings. The maximum Gasteiger partial charge on any atom is 0.326 e. The molecule has 0 heterocycles. The number of amides is 3. The van der Waals surface area contributed by atoms with Gasteiger partial charge in [-0.05, 0) is 25.1 Å². The highest BCUT2D eigenvalue weighted by atomic mass is 16.4. The van der Waals surface area contributed by atoms with Crippen LogP contribution >= 0.6 is 0 Å². The Morgan fingerprint density at radius 2 is 1.75 bits per heavy atom. The molecule has 0 aliphatic rings. The minimum Gasteiger partial charge on any atom is -0.480 e. The third-order valence-electron chi connectivity index (χ3n) is 2.69. The molecule has 3 N–H and O–H groups in total. The van der Waals surface area contributed by atoms with E-state index < -0.39 is 18.0 Å². The molecule has 0 saturated heterocycles. The van der Waals surface area contributed by atoms with Gasteiger partial charge >= 0.3 is 12.0 Å². The van der Waals surface area contributed by atoms with Crippen molar-refractivity contribution >= 4 is 29.3 Å². The zero-order valence-electron chi connectivity index (χ0n) is 11.5. The number of carboxylic acids is 1. The summed E-state index contributed by atoms with van der Waals surface area (Å²) < 4.78 is 0. The van der Waals surface area contributed by atoms with E-state index in [0.29, 0.717) is 11.4 Å². The quantitative estimate of drug-likeness (QED) is 0.779. The molecule has 7 heteroatoms. The van der Waals surface area contributed by atoms with Gasteiger partial charge in [-0.15, -0.1) is 0 Å². The van der Waals surface area contributed by atoms with Crippen molar-refractivity contribution in [3.8, 4) is 0 Å². The van der Waals surface area contributed by atoms with Gasteiger partial charge in [0.1, 0.15) is 6.04 Å². The van der Waals surface area contributed by atoms with Crippen molar-refractivity contribution in [2.75, 3.05) is 17.7 Å². The fourth-order valence-corrected chi connectivity index (χ4v) is 1.43. The van der Waals surface area contributed by atoms with Gasteiger partial charge in [-0.2, -0.15) is 0 Å². The molecule has 1 aromatic carbocycles. The number of carbonyl (C=O) groups is 3. The van der Waals surface area contributed by atoms with E-state index in [-0.39, 0.29) is 5.91 Å². The van der Waals surface area contributed by atoms with Gasteiger partial charge < -0.3 is 20.6 Å². The van der Waals surface area contributed by atoms with Crippen LogP contribution in [0.1, 0.15) is 13.8 Å². The Morgan fingerprint density at radius 1 is 1.20 bits per heavy atom. The van der Waals surface area contributed by atoms with Crippen molar-refractivity contribution in [1.29, 1.82) is 0 Å². The van der Waals surface area contributed by atoms with Gasteiger partial charge in [0.15, 0.2) is 0 Å². The van der Waals surface area contributed by atoms with E-state index >= 15 is 0 Å². The van der Waals surface area contributed by atoms with Crippen LogP contribution in [0, 0.1) is 0 Å². The van der Waals surface area contributed by atoms with Crippen LogP contribution in [0.15, 0.2) is 24.3 Å². The van der Waals surface area contributed by atoms with E-state index in [1.54, 1.807) is 24.3 Å². The molecule has 0 saturated carbocycles. The summed E-state index contributed by atoms with van der Waals surface area (Å²) in [5.74, 6) is -1.31. The molecule has 1 rings (SSSR count). The SMILES string of the molecule is CC(=O)Nc1cccc(NC(=O)N(C)C(C)C(=O)O)c1. The number of hydrogen-bond donors (Lipinski definition) is 3. The largest absolute Gasteiger partial charge is 0.480 e. The van der Waals surface area contributed by atoms with Crippen molar-refractivity contribution in [3.63, 3.8) is 0 Å². The Morgan fingerprint density at radius 3 is 2.25 bits per heavy atom.